The molecule has 0 aliphatic carbocycles. The molecule has 1 aliphatic rings. The van der Waals surface area contributed by atoms with E-state index in [2.05, 4.69) is 24.4 Å². The maximum Gasteiger partial charge on any atom is 0.241 e. The summed E-state index contributed by atoms with van der Waals surface area (Å²) in [6.07, 6.45) is 1.94. The van der Waals surface area contributed by atoms with Crippen LogP contribution in [0.15, 0.2) is 42.5 Å². The highest BCUT2D eigenvalue weighted by atomic mass is 32.2. The molecular weight excluding hydrogens is 444 g/mol. The molecule has 0 bridgehead atoms. The number of hydrogen-bond donors (Lipinski definition) is 1. The first-order chi connectivity index (χ1) is 15.2. The number of amides is 1. The number of anilines is 1. The Morgan fingerprint density at radius 3 is 2.56 bits per heavy atom. The van der Waals surface area contributed by atoms with E-state index in [9.17, 15) is 13.2 Å². The van der Waals surface area contributed by atoms with E-state index >= 15 is 0 Å². The van der Waals surface area contributed by atoms with Gasteiger partial charge in [-0.25, -0.2) is 17.7 Å². The molecule has 1 saturated heterocycles. The van der Waals surface area contributed by atoms with Crippen LogP contribution in [0.4, 0.5) is 5.69 Å². The highest BCUT2D eigenvalue weighted by Crippen LogP contribution is 2.31. The molecule has 7 nitrogen and oxygen atoms in total. The Hall–Kier alpha value is -2.33. The van der Waals surface area contributed by atoms with Crippen molar-refractivity contribution in [2.24, 2.45) is 0 Å². The van der Waals surface area contributed by atoms with Gasteiger partial charge in [0.2, 0.25) is 15.9 Å². The maximum absolute atomic E-state index is 12.8. The Kier molecular flexibility index (Phi) is 6.62. The lowest BCUT2D eigenvalue weighted by atomic mass is 10.2. The SMILES string of the molecule is Cc1ccc2nc(-c3ccc(NC(=O)C(C)N4CCCN(S(C)(=O)=O)CC4)cc3)sc2c1. The van der Waals surface area contributed by atoms with E-state index < -0.39 is 10.0 Å². The van der Waals surface area contributed by atoms with Crippen LogP contribution in [-0.4, -0.2) is 67.0 Å². The van der Waals surface area contributed by atoms with Crippen molar-refractivity contribution in [3.63, 3.8) is 0 Å². The minimum atomic E-state index is -3.20. The minimum Gasteiger partial charge on any atom is -0.325 e. The minimum absolute atomic E-state index is 0.0963. The zero-order valence-corrected chi connectivity index (χ0v) is 20.2. The van der Waals surface area contributed by atoms with Gasteiger partial charge in [0.25, 0.3) is 0 Å². The van der Waals surface area contributed by atoms with Crippen LogP contribution in [0.5, 0.6) is 0 Å². The van der Waals surface area contributed by atoms with Crippen molar-refractivity contribution in [3.05, 3.63) is 48.0 Å². The van der Waals surface area contributed by atoms with E-state index in [-0.39, 0.29) is 11.9 Å². The summed E-state index contributed by atoms with van der Waals surface area (Å²) in [4.78, 5) is 19.6. The second kappa shape index (κ2) is 9.27. The monoisotopic (exact) mass is 472 g/mol. The van der Waals surface area contributed by atoms with Crippen molar-refractivity contribution >= 4 is 43.2 Å². The van der Waals surface area contributed by atoms with Crippen molar-refractivity contribution in [1.29, 1.82) is 0 Å². The van der Waals surface area contributed by atoms with Crippen LogP contribution in [0, 0.1) is 6.92 Å². The van der Waals surface area contributed by atoms with Gasteiger partial charge in [-0.15, -0.1) is 11.3 Å². The molecule has 1 atom stereocenters. The van der Waals surface area contributed by atoms with Crippen molar-refractivity contribution < 1.29 is 13.2 Å². The van der Waals surface area contributed by atoms with Crippen molar-refractivity contribution in [3.8, 4) is 10.6 Å². The van der Waals surface area contributed by atoms with Crippen molar-refractivity contribution in [2.75, 3.05) is 37.8 Å². The molecule has 1 N–H and O–H groups in total. The molecule has 1 aromatic heterocycles. The predicted octanol–water partition coefficient (Wildman–Crippen LogP) is 3.57. The fraction of sp³-hybridized carbons (Fsp3) is 0.391. The van der Waals surface area contributed by atoms with E-state index in [0.29, 0.717) is 32.6 Å². The van der Waals surface area contributed by atoms with E-state index in [1.807, 2.05) is 42.2 Å². The van der Waals surface area contributed by atoms with Crippen LogP contribution in [-0.2, 0) is 14.8 Å². The largest absolute Gasteiger partial charge is 0.325 e. The second-order valence-electron chi connectivity index (χ2n) is 8.28. The van der Waals surface area contributed by atoms with Crippen LogP contribution in [0.2, 0.25) is 0 Å². The smallest absolute Gasteiger partial charge is 0.241 e. The average molecular weight is 473 g/mol. The molecule has 32 heavy (non-hydrogen) atoms. The fourth-order valence-corrected chi connectivity index (χ4v) is 5.84. The number of sulfonamides is 1. The summed E-state index contributed by atoms with van der Waals surface area (Å²) in [6.45, 7) is 6.07. The van der Waals surface area contributed by atoms with Crippen molar-refractivity contribution in [2.45, 2.75) is 26.3 Å². The lowest BCUT2D eigenvalue weighted by Gasteiger charge is -2.26. The van der Waals surface area contributed by atoms with Gasteiger partial charge < -0.3 is 5.32 Å². The van der Waals surface area contributed by atoms with Gasteiger partial charge in [-0.2, -0.15) is 0 Å². The highest BCUT2D eigenvalue weighted by molar-refractivity contribution is 7.88. The molecule has 1 fully saturated rings. The van der Waals surface area contributed by atoms with Crippen LogP contribution >= 0.6 is 11.3 Å². The van der Waals surface area contributed by atoms with E-state index in [4.69, 9.17) is 4.98 Å². The van der Waals surface area contributed by atoms with Crippen LogP contribution in [0.3, 0.4) is 0 Å². The molecule has 0 saturated carbocycles. The van der Waals surface area contributed by atoms with E-state index in [1.54, 1.807) is 11.3 Å². The highest BCUT2D eigenvalue weighted by Gasteiger charge is 2.27. The Balaban J connectivity index is 1.39. The van der Waals surface area contributed by atoms with Gasteiger partial charge in [0.15, 0.2) is 0 Å². The van der Waals surface area contributed by atoms with E-state index in [0.717, 1.165) is 26.5 Å². The fourth-order valence-electron chi connectivity index (χ4n) is 3.90. The first kappa shape index (κ1) is 22.8. The number of nitrogens with zero attached hydrogens (tertiary/aromatic N) is 3. The Labute approximate surface area is 193 Å². The molecule has 0 radical (unpaired) electrons. The summed E-state index contributed by atoms with van der Waals surface area (Å²) in [5.41, 5.74) is 3.96. The number of thiazole rings is 1. The third-order valence-electron chi connectivity index (χ3n) is 5.83. The van der Waals surface area contributed by atoms with Gasteiger partial charge in [-0.1, -0.05) is 6.07 Å². The van der Waals surface area contributed by atoms with Crippen LogP contribution in [0.1, 0.15) is 18.9 Å². The summed E-state index contributed by atoms with van der Waals surface area (Å²) >= 11 is 1.66. The number of aryl methyl sites for hydroxylation is 1. The first-order valence-corrected chi connectivity index (χ1v) is 13.3. The number of fused-ring (bicyclic) bond motifs is 1. The zero-order chi connectivity index (χ0) is 22.9. The molecule has 2 heterocycles. The Morgan fingerprint density at radius 1 is 1.09 bits per heavy atom. The molecular formula is C23H28N4O3S2. The van der Waals surface area contributed by atoms with Gasteiger partial charge in [0, 0.05) is 37.4 Å². The standard InChI is InChI=1S/C23H28N4O3S2/c1-16-5-10-20-21(15-16)31-23(25-20)18-6-8-19(9-7-18)24-22(28)17(2)26-11-4-12-27(14-13-26)32(3,29)30/h5-10,15,17H,4,11-14H2,1-3H3,(H,24,28). The third kappa shape index (κ3) is 5.17. The quantitative estimate of drug-likeness (QED) is 0.614. The van der Waals surface area contributed by atoms with Crippen molar-refractivity contribution in [1.82, 2.24) is 14.2 Å². The summed E-state index contributed by atoms with van der Waals surface area (Å²) in [6, 6.07) is 13.6. The molecule has 3 aromatic rings. The summed E-state index contributed by atoms with van der Waals surface area (Å²) in [5.74, 6) is -0.0963. The number of carbonyl (C=O) groups excluding carboxylic acids is 1. The Morgan fingerprint density at radius 2 is 1.84 bits per heavy atom. The molecule has 0 spiro atoms. The van der Waals surface area contributed by atoms with Crippen LogP contribution in [0.25, 0.3) is 20.8 Å². The van der Waals surface area contributed by atoms with Gasteiger partial charge in [-0.3, -0.25) is 9.69 Å². The van der Waals surface area contributed by atoms with E-state index in [1.165, 1.54) is 16.1 Å². The zero-order valence-electron chi connectivity index (χ0n) is 18.5. The number of rotatable bonds is 5. The number of hydrogen-bond acceptors (Lipinski definition) is 6. The molecule has 170 valence electrons. The lowest BCUT2D eigenvalue weighted by Crippen LogP contribution is -2.44. The molecule has 4 rings (SSSR count). The predicted molar refractivity (Wildman–Crippen MR) is 130 cm³/mol. The van der Waals surface area contributed by atoms with Gasteiger partial charge in [-0.05, 0) is 62.2 Å². The molecule has 2 aromatic carbocycles. The number of carbonyl (C=O) groups is 1. The van der Waals surface area contributed by atoms with Gasteiger partial charge in [0.05, 0.1) is 22.5 Å². The van der Waals surface area contributed by atoms with Crippen LogP contribution < -0.4 is 5.32 Å². The average Bonchev–Trinajstić information content (AvgIpc) is 2.99. The lowest BCUT2D eigenvalue weighted by molar-refractivity contribution is -0.120. The summed E-state index contributed by atoms with van der Waals surface area (Å²) in [5, 5.41) is 3.94. The Bertz CT molecular complexity index is 1220. The summed E-state index contributed by atoms with van der Waals surface area (Å²) in [7, 11) is -3.20. The number of nitrogens with one attached hydrogen (secondary N) is 1. The van der Waals surface area contributed by atoms with Gasteiger partial charge in [0.1, 0.15) is 5.01 Å². The maximum atomic E-state index is 12.8. The number of aromatic nitrogens is 1. The molecule has 9 heteroatoms. The first-order valence-electron chi connectivity index (χ1n) is 10.7. The van der Waals surface area contributed by atoms with Gasteiger partial charge >= 0.3 is 0 Å². The number of benzene rings is 2. The second-order valence-corrected chi connectivity index (χ2v) is 11.3. The topological polar surface area (TPSA) is 82.6 Å². The molecule has 1 aliphatic heterocycles. The summed E-state index contributed by atoms with van der Waals surface area (Å²) < 4.78 is 26.3. The molecule has 1 unspecified atom stereocenters. The third-order valence-corrected chi connectivity index (χ3v) is 8.20. The molecule has 1 amide bonds. The normalized spacial score (nSPS) is 17.2.